The number of halogens is 1. The van der Waals surface area contributed by atoms with E-state index < -0.39 is 0 Å². The first-order chi connectivity index (χ1) is 12.3. The normalized spacial score (nSPS) is 12.2. The van der Waals surface area contributed by atoms with Crippen molar-refractivity contribution in [2.24, 2.45) is 0 Å². The van der Waals surface area contributed by atoms with Gasteiger partial charge in [0.1, 0.15) is 0 Å². The Labute approximate surface area is 156 Å². The molecule has 1 N–H and O–H groups in total. The molecule has 0 radical (unpaired) electrons. The third kappa shape index (κ3) is 1.82. The molecule has 6 aromatic rings. The molecular weight excluding hydrogens is 390 g/mol. The van der Waals surface area contributed by atoms with Crippen molar-refractivity contribution in [3.8, 4) is 0 Å². The molecule has 0 spiro atoms. The van der Waals surface area contributed by atoms with Gasteiger partial charge in [-0.05, 0) is 35.0 Å². The van der Waals surface area contributed by atoms with Crippen LogP contribution in [0.2, 0.25) is 0 Å². The number of rotatable bonds is 0. The fourth-order valence-electron chi connectivity index (χ4n) is 3.94. The Balaban J connectivity index is 1.89. The molecule has 2 aromatic heterocycles. The zero-order valence-electron chi connectivity index (χ0n) is 13.1. The number of para-hydroxylation sites is 1. The van der Waals surface area contributed by atoms with Gasteiger partial charge in [0.25, 0.3) is 0 Å². The van der Waals surface area contributed by atoms with E-state index in [0.29, 0.717) is 0 Å². The lowest BCUT2D eigenvalue weighted by atomic mass is 10.0. The molecule has 0 amide bonds. The molecule has 2 heterocycles. The molecule has 0 unspecified atom stereocenters. The highest BCUT2D eigenvalue weighted by atomic mass is 79.9. The highest BCUT2D eigenvalue weighted by molar-refractivity contribution is 9.10. The monoisotopic (exact) mass is 401 g/mol. The molecule has 6 rings (SSSR count). The van der Waals surface area contributed by atoms with E-state index in [1.807, 2.05) is 11.3 Å². The first-order valence-electron chi connectivity index (χ1n) is 8.23. The van der Waals surface area contributed by atoms with E-state index >= 15 is 0 Å². The Morgan fingerprint density at radius 2 is 1.40 bits per heavy atom. The number of thiophene rings is 1. The summed E-state index contributed by atoms with van der Waals surface area (Å²) in [5.74, 6) is 0. The van der Waals surface area contributed by atoms with E-state index in [2.05, 4.69) is 87.6 Å². The maximum atomic E-state index is 3.74. The number of nitrogens with one attached hydrogen (secondary N) is 1. The van der Waals surface area contributed by atoms with Gasteiger partial charge in [0, 0.05) is 46.5 Å². The zero-order chi connectivity index (χ0) is 16.5. The van der Waals surface area contributed by atoms with Crippen molar-refractivity contribution in [3.63, 3.8) is 0 Å². The Kier molecular flexibility index (Phi) is 2.69. The van der Waals surface area contributed by atoms with Gasteiger partial charge in [-0.1, -0.05) is 58.4 Å². The molecule has 0 fully saturated rings. The molecular formula is C22H12BrNS. The van der Waals surface area contributed by atoms with E-state index in [4.69, 9.17) is 0 Å². The van der Waals surface area contributed by atoms with E-state index in [0.717, 1.165) is 4.47 Å². The van der Waals surface area contributed by atoms with Crippen LogP contribution in [0.15, 0.2) is 71.2 Å². The molecule has 0 aliphatic carbocycles. The molecule has 1 nitrogen and oxygen atoms in total. The van der Waals surface area contributed by atoms with Crippen molar-refractivity contribution >= 4 is 80.0 Å². The smallest absolute Gasteiger partial charge is 0.0479 e. The fraction of sp³-hybridized carbons (Fsp3) is 0. The maximum absolute atomic E-state index is 3.74. The number of aromatic amines is 1. The van der Waals surface area contributed by atoms with Crippen LogP contribution < -0.4 is 0 Å². The number of aromatic nitrogens is 1. The van der Waals surface area contributed by atoms with Crippen LogP contribution in [-0.2, 0) is 0 Å². The van der Waals surface area contributed by atoms with Crippen LogP contribution in [0, 0.1) is 0 Å². The Hall–Kier alpha value is -2.36. The lowest BCUT2D eigenvalue weighted by Crippen LogP contribution is -1.76. The summed E-state index contributed by atoms with van der Waals surface area (Å²) in [7, 11) is 0. The molecule has 0 aliphatic heterocycles. The topological polar surface area (TPSA) is 15.8 Å². The summed E-state index contributed by atoms with van der Waals surface area (Å²) in [6.45, 7) is 0. The highest BCUT2D eigenvalue weighted by Gasteiger charge is 2.13. The predicted molar refractivity (Wildman–Crippen MR) is 114 cm³/mol. The van der Waals surface area contributed by atoms with Crippen molar-refractivity contribution in [2.75, 3.05) is 0 Å². The van der Waals surface area contributed by atoms with Crippen LogP contribution in [-0.4, -0.2) is 4.98 Å². The van der Waals surface area contributed by atoms with Gasteiger partial charge < -0.3 is 4.98 Å². The standard InChI is InChI=1S/C22H12BrNS/c23-17-10-21-22(14-7-2-1-5-12(14)17)16-9-15-13-6-3-4-8-18(13)24-19(15)11-20(16)25-21/h1-11,24H. The molecule has 3 heteroatoms. The first-order valence-corrected chi connectivity index (χ1v) is 9.84. The first kappa shape index (κ1) is 13.9. The van der Waals surface area contributed by atoms with Crippen molar-refractivity contribution in [1.29, 1.82) is 0 Å². The Morgan fingerprint density at radius 1 is 0.640 bits per heavy atom. The minimum Gasteiger partial charge on any atom is -0.354 e. The molecule has 0 saturated heterocycles. The lowest BCUT2D eigenvalue weighted by Gasteiger charge is -2.03. The van der Waals surface area contributed by atoms with E-state index in [1.54, 1.807) is 0 Å². The highest BCUT2D eigenvalue weighted by Crippen LogP contribution is 2.43. The van der Waals surface area contributed by atoms with Crippen LogP contribution in [0.3, 0.4) is 0 Å². The molecule has 0 atom stereocenters. The van der Waals surface area contributed by atoms with Crippen LogP contribution in [0.25, 0.3) is 52.8 Å². The van der Waals surface area contributed by atoms with Crippen LogP contribution >= 0.6 is 27.3 Å². The van der Waals surface area contributed by atoms with E-state index in [1.165, 1.54) is 52.8 Å². The van der Waals surface area contributed by atoms with Crippen molar-refractivity contribution in [1.82, 2.24) is 4.98 Å². The van der Waals surface area contributed by atoms with Gasteiger partial charge in [-0.25, -0.2) is 0 Å². The molecule has 118 valence electrons. The zero-order valence-corrected chi connectivity index (χ0v) is 15.5. The maximum Gasteiger partial charge on any atom is 0.0479 e. The quantitative estimate of drug-likeness (QED) is 0.269. The van der Waals surface area contributed by atoms with Gasteiger partial charge >= 0.3 is 0 Å². The summed E-state index contributed by atoms with van der Waals surface area (Å²) in [5.41, 5.74) is 2.41. The third-order valence-electron chi connectivity index (χ3n) is 5.05. The minimum atomic E-state index is 1.16. The largest absolute Gasteiger partial charge is 0.354 e. The van der Waals surface area contributed by atoms with Crippen LogP contribution in [0.1, 0.15) is 0 Å². The van der Waals surface area contributed by atoms with Crippen molar-refractivity contribution in [2.45, 2.75) is 0 Å². The third-order valence-corrected chi connectivity index (χ3v) is 6.81. The second-order valence-electron chi connectivity index (χ2n) is 6.44. The van der Waals surface area contributed by atoms with Crippen molar-refractivity contribution < 1.29 is 0 Å². The molecule has 0 aliphatic rings. The van der Waals surface area contributed by atoms with Gasteiger partial charge in [0.2, 0.25) is 0 Å². The van der Waals surface area contributed by atoms with Gasteiger partial charge in [-0.15, -0.1) is 11.3 Å². The average molecular weight is 402 g/mol. The Morgan fingerprint density at radius 3 is 2.28 bits per heavy atom. The summed E-state index contributed by atoms with van der Waals surface area (Å²) in [6.07, 6.45) is 0. The number of fused-ring (bicyclic) bond motifs is 8. The van der Waals surface area contributed by atoms with Gasteiger partial charge in [0.05, 0.1) is 0 Å². The van der Waals surface area contributed by atoms with E-state index in [9.17, 15) is 0 Å². The SMILES string of the molecule is Brc1cc2sc3cc4[nH]c5ccccc5c4cc3c2c2ccccc12. The number of hydrogen-bond donors (Lipinski definition) is 1. The lowest BCUT2D eigenvalue weighted by molar-refractivity contribution is 1.56. The molecule has 0 saturated carbocycles. The van der Waals surface area contributed by atoms with Crippen LogP contribution in [0.4, 0.5) is 0 Å². The average Bonchev–Trinajstić information content (AvgIpc) is 3.17. The summed E-state index contributed by atoms with van der Waals surface area (Å²) in [6, 6.07) is 24.1. The molecule has 25 heavy (non-hydrogen) atoms. The number of hydrogen-bond acceptors (Lipinski definition) is 1. The van der Waals surface area contributed by atoms with Crippen molar-refractivity contribution in [3.05, 3.63) is 71.2 Å². The van der Waals surface area contributed by atoms with Gasteiger partial charge in [-0.2, -0.15) is 0 Å². The summed E-state index contributed by atoms with van der Waals surface area (Å²) < 4.78 is 3.83. The summed E-state index contributed by atoms with van der Waals surface area (Å²) in [5, 5.41) is 7.90. The fourth-order valence-corrected chi connectivity index (χ4v) is 5.85. The van der Waals surface area contributed by atoms with Gasteiger partial charge in [-0.3, -0.25) is 0 Å². The Bertz CT molecular complexity index is 1460. The minimum absolute atomic E-state index is 1.16. The second kappa shape index (κ2) is 4.84. The predicted octanol–water partition coefficient (Wildman–Crippen LogP) is 7.60. The molecule has 0 bridgehead atoms. The summed E-state index contributed by atoms with van der Waals surface area (Å²) in [4.78, 5) is 3.56. The number of H-pyrrole nitrogens is 1. The summed E-state index contributed by atoms with van der Waals surface area (Å²) >= 11 is 5.61. The van der Waals surface area contributed by atoms with Crippen LogP contribution in [0.5, 0.6) is 0 Å². The number of benzene rings is 4. The molecule has 4 aromatic carbocycles. The van der Waals surface area contributed by atoms with Gasteiger partial charge in [0.15, 0.2) is 0 Å². The van der Waals surface area contributed by atoms with E-state index in [-0.39, 0.29) is 0 Å². The second-order valence-corrected chi connectivity index (χ2v) is 8.38.